The van der Waals surface area contributed by atoms with Crippen LogP contribution in [0.1, 0.15) is 47.4 Å². The molecule has 1 aromatic carbocycles. The van der Waals surface area contributed by atoms with Gasteiger partial charge in [-0.25, -0.2) is 4.39 Å². The highest BCUT2D eigenvalue weighted by atomic mass is 32.1. The normalized spacial score (nSPS) is 13.9. The predicted octanol–water partition coefficient (Wildman–Crippen LogP) is 3.48. The van der Waals surface area contributed by atoms with E-state index in [-0.39, 0.29) is 11.7 Å². The van der Waals surface area contributed by atoms with E-state index >= 15 is 0 Å². The van der Waals surface area contributed by atoms with Crippen LogP contribution in [0.15, 0.2) is 18.2 Å². The van der Waals surface area contributed by atoms with Gasteiger partial charge in [-0.3, -0.25) is 4.79 Å². The third-order valence-electron chi connectivity index (χ3n) is 4.67. The average Bonchev–Trinajstić information content (AvgIpc) is 3.24. The van der Waals surface area contributed by atoms with Crippen LogP contribution in [0, 0.1) is 5.82 Å². The number of halogens is 1. The van der Waals surface area contributed by atoms with Crippen LogP contribution >= 0.6 is 11.5 Å². The van der Waals surface area contributed by atoms with E-state index < -0.39 is 0 Å². The fraction of sp³-hybridized carbons (Fsp3) is 0.389. The van der Waals surface area contributed by atoms with Crippen molar-refractivity contribution in [1.82, 2.24) is 24.4 Å². The molecule has 0 aliphatic carbocycles. The molecule has 9 heteroatoms. The molecule has 1 N–H and O–H groups in total. The Morgan fingerprint density at radius 2 is 2.15 bits per heavy atom. The van der Waals surface area contributed by atoms with Crippen molar-refractivity contribution in [3.05, 3.63) is 40.4 Å². The van der Waals surface area contributed by atoms with Crippen molar-refractivity contribution in [1.29, 1.82) is 0 Å². The number of amides is 1. The van der Waals surface area contributed by atoms with Gasteiger partial charge in [-0.2, -0.15) is 0 Å². The van der Waals surface area contributed by atoms with Gasteiger partial charge in [0.1, 0.15) is 16.5 Å². The molecule has 0 bridgehead atoms. The molecule has 0 spiro atoms. The second kappa shape index (κ2) is 7.51. The number of fused-ring (bicyclic) bond motifs is 1. The molecule has 27 heavy (non-hydrogen) atoms. The Morgan fingerprint density at radius 1 is 1.26 bits per heavy atom. The Morgan fingerprint density at radius 3 is 3.00 bits per heavy atom. The number of aryl methyl sites for hydroxylation is 2. The van der Waals surface area contributed by atoms with Gasteiger partial charge in [-0.1, -0.05) is 17.8 Å². The van der Waals surface area contributed by atoms with Crippen molar-refractivity contribution in [2.75, 3.05) is 5.32 Å². The molecule has 1 amide bonds. The van der Waals surface area contributed by atoms with E-state index in [4.69, 9.17) is 0 Å². The van der Waals surface area contributed by atoms with Crippen molar-refractivity contribution in [3.8, 4) is 11.4 Å². The Balaban J connectivity index is 1.65. The first-order valence-electron chi connectivity index (χ1n) is 9.02. The Kier molecular flexibility index (Phi) is 4.93. The predicted molar refractivity (Wildman–Crippen MR) is 100 cm³/mol. The highest BCUT2D eigenvalue weighted by Gasteiger charge is 2.20. The molecular formula is C18H19FN6OS. The number of hydrogen-bond donors (Lipinski definition) is 1. The molecule has 0 saturated carbocycles. The summed E-state index contributed by atoms with van der Waals surface area (Å²) in [5.74, 6) is 0.717. The molecule has 3 aromatic rings. The zero-order valence-corrected chi connectivity index (χ0v) is 15.7. The zero-order chi connectivity index (χ0) is 18.8. The first kappa shape index (κ1) is 17.7. The van der Waals surface area contributed by atoms with E-state index in [0.29, 0.717) is 34.1 Å². The molecule has 7 nitrogen and oxygen atoms in total. The van der Waals surface area contributed by atoms with Crippen molar-refractivity contribution in [2.45, 2.75) is 45.6 Å². The van der Waals surface area contributed by atoms with Crippen LogP contribution in [-0.2, 0) is 19.4 Å². The minimum absolute atomic E-state index is 0.292. The SMILES string of the molecule is CCc1nnsc1C(=O)Nc1ccc(F)c(-c2nnc3n2CCCCC3)c1. The van der Waals surface area contributed by atoms with Crippen LogP contribution in [0.5, 0.6) is 0 Å². The summed E-state index contributed by atoms with van der Waals surface area (Å²) in [6, 6.07) is 4.49. The van der Waals surface area contributed by atoms with E-state index in [1.807, 2.05) is 11.5 Å². The summed E-state index contributed by atoms with van der Waals surface area (Å²) in [7, 11) is 0. The summed E-state index contributed by atoms with van der Waals surface area (Å²) in [6.45, 7) is 2.70. The van der Waals surface area contributed by atoms with Gasteiger partial charge in [0.25, 0.3) is 5.91 Å². The van der Waals surface area contributed by atoms with Crippen LogP contribution in [0.25, 0.3) is 11.4 Å². The van der Waals surface area contributed by atoms with E-state index in [9.17, 15) is 9.18 Å². The van der Waals surface area contributed by atoms with E-state index in [0.717, 1.165) is 49.6 Å². The van der Waals surface area contributed by atoms with Crippen molar-refractivity contribution in [3.63, 3.8) is 0 Å². The van der Waals surface area contributed by atoms with Crippen LogP contribution in [-0.4, -0.2) is 30.3 Å². The lowest BCUT2D eigenvalue weighted by atomic mass is 10.1. The number of carbonyl (C=O) groups is 1. The maximum atomic E-state index is 14.5. The summed E-state index contributed by atoms with van der Waals surface area (Å²) in [5.41, 5.74) is 1.49. The molecule has 0 atom stereocenters. The third-order valence-corrected chi connectivity index (χ3v) is 5.44. The Labute approximate surface area is 159 Å². The number of nitrogens with zero attached hydrogens (tertiary/aromatic N) is 5. The van der Waals surface area contributed by atoms with Gasteiger partial charge in [0.15, 0.2) is 5.82 Å². The van der Waals surface area contributed by atoms with Crippen LogP contribution in [0.3, 0.4) is 0 Å². The highest BCUT2D eigenvalue weighted by molar-refractivity contribution is 7.08. The molecule has 0 fully saturated rings. The molecule has 2 aromatic heterocycles. The largest absolute Gasteiger partial charge is 0.321 e. The molecule has 140 valence electrons. The fourth-order valence-corrected chi connectivity index (χ4v) is 3.90. The standard InChI is InChI=1S/C18H19FN6OS/c1-2-14-16(27-24-21-14)18(26)20-11-7-8-13(19)12(10-11)17-23-22-15-6-4-3-5-9-25(15)17/h7-8,10H,2-6,9H2,1H3,(H,20,26). The lowest BCUT2D eigenvalue weighted by Crippen LogP contribution is -2.12. The molecule has 3 heterocycles. The lowest BCUT2D eigenvalue weighted by molar-refractivity contribution is 0.102. The summed E-state index contributed by atoms with van der Waals surface area (Å²) in [4.78, 5) is 13.0. The van der Waals surface area contributed by atoms with Gasteiger partial charge in [0, 0.05) is 18.7 Å². The van der Waals surface area contributed by atoms with Gasteiger partial charge in [-0.15, -0.1) is 15.3 Å². The van der Waals surface area contributed by atoms with E-state index in [2.05, 4.69) is 25.1 Å². The number of aromatic nitrogens is 5. The molecule has 1 aliphatic rings. The highest BCUT2D eigenvalue weighted by Crippen LogP contribution is 2.28. The molecular weight excluding hydrogens is 367 g/mol. The molecule has 4 rings (SSSR count). The van der Waals surface area contributed by atoms with E-state index in [1.165, 1.54) is 12.1 Å². The topological polar surface area (TPSA) is 85.6 Å². The monoisotopic (exact) mass is 386 g/mol. The minimum Gasteiger partial charge on any atom is -0.321 e. The van der Waals surface area contributed by atoms with Crippen LogP contribution in [0.4, 0.5) is 10.1 Å². The van der Waals surface area contributed by atoms with Gasteiger partial charge in [0.2, 0.25) is 0 Å². The maximum Gasteiger partial charge on any atom is 0.269 e. The number of anilines is 1. The van der Waals surface area contributed by atoms with Gasteiger partial charge < -0.3 is 9.88 Å². The van der Waals surface area contributed by atoms with Gasteiger partial charge in [-0.05, 0) is 49.0 Å². The summed E-state index contributed by atoms with van der Waals surface area (Å²) >= 11 is 1.05. The first-order valence-corrected chi connectivity index (χ1v) is 9.79. The number of carbonyl (C=O) groups excluding carboxylic acids is 1. The summed E-state index contributed by atoms with van der Waals surface area (Å²) in [6.07, 6.45) is 4.70. The zero-order valence-electron chi connectivity index (χ0n) is 14.9. The smallest absolute Gasteiger partial charge is 0.269 e. The second-order valence-corrected chi connectivity index (χ2v) is 7.21. The molecule has 0 unspecified atom stereocenters. The number of hydrogen-bond acceptors (Lipinski definition) is 6. The molecule has 1 aliphatic heterocycles. The number of rotatable bonds is 4. The first-order chi connectivity index (χ1) is 13.2. The average molecular weight is 386 g/mol. The number of nitrogens with one attached hydrogen (secondary N) is 1. The number of benzene rings is 1. The lowest BCUT2D eigenvalue weighted by Gasteiger charge is -2.10. The summed E-state index contributed by atoms with van der Waals surface area (Å²) < 4.78 is 20.3. The van der Waals surface area contributed by atoms with Gasteiger partial charge in [0.05, 0.1) is 11.3 Å². The minimum atomic E-state index is -0.388. The van der Waals surface area contributed by atoms with E-state index in [1.54, 1.807) is 6.07 Å². The van der Waals surface area contributed by atoms with Crippen molar-refractivity contribution >= 4 is 23.1 Å². The Hall–Kier alpha value is -2.68. The Bertz CT molecular complexity index is 982. The third kappa shape index (κ3) is 3.46. The quantitative estimate of drug-likeness (QED) is 0.742. The summed E-state index contributed by atoms with van der Waals surface area (Å²) in [5, 5.41) is 15.2. The van der Waals surface area contributed by atoms with Crippen LogP contribution in [0.2, 0.25) is 0 Å². The maximum absolute atomic E-state index is 14.5. The van der Waals surface area contributed by atoms with Crippen molar-refractivity contribution < 1.29 is 9.18 Å². The molecule has 0 saturated heterocycles. The molecule has 0 radical (unpaired) electrons. The second-order valence-electron chi connectivity index (χ2n) is 6.45. The van der Waals surface area contributed by atoms with Crippen molar-refractivity contribution in [2.24, 2.45) is 0 Å². The van der Waals surface area contributed by atoms with Crippen LogP contribution < -0.4 is 5.32 Å². The fourth-order valence-electron chi connectivity index (χ4n) is 3.26. The van der Waals surface area contributed by atoms with Gasteiger partial charge >= 0.3 is 0 Å².